The van der Waals surface area contributed by atoms with Crippen LogP contribution < -0.4 is 4.74 Å². The first-order valence-electron chi connectivity index (χ1n) is 8.09. The van der Waals surface area contributed by atoms with Gasteiger partial charge in [0.25, 0.3) is 5.69 Å². The Morgan fingerprint density at radius 2 is 2.15 bits per heavy atom. The maximum absolute atomic E-state index is 10.9. The first kappa shape index (κ1) is 16.4. The summed E-state index contributed by atoms with van der Waals surface area (Å²) in [6.45, 7) is 0. The van der Waals surface area contributed by atoms with E-state index in [-0.39, 0.29) is 5.69 Å². The van der Waals surface area contributed by atoms with Crippen molar-refractivity contribution >= 4 is 28.4 Å². The van der Waals surface area contributed by atoms with Gasteiger partial charge in [0.1, 0.15) is 5.75 Å². The molecule has 0 bridgehead atoms. The Hall–Kier alpha value is -3.06. The number of rotatable bonds is 4. The summed E-state index contributed by atoms with van der Waals surface area (Å²) < 4.78 is 5.30. The fourth-order valence-electron chi connectivity index (χ4n) is 3.01. The van der Waals surface area contributed by atoms with Crippen LogP contribution in [0, 0.1) is 10.1 Å². The molecule has 2 aromatic carbocycles. The van der Waals surface area contributed by atoms with Crippen LogP contribution in [0.25, 0.3) is 11.3 Å². The molecule has 0 atom stereocenters. The molecule has 4 rings (SSSR count). The highest BCUT2D eigenvalue weighted by Crippen LogP contribution is 2.40. The molecule has 7 heteroatoms. The van der Waals surface area contributed by atoms with Crippen LogP contribution in [0.3, 0.4) is 0 Å². The summed E-state index contributed by atoms with van der Waals surface area (Å²) in [4.78, 5) is 20.8. The van der Waals surface area contributed by atoms with Gasteiger partial charge < -0.3 is 4.74 Å². The van der Waals surface area contributed by atoms with E-state index in [1.807, 2.05) is 12.1 Å². The molecule has 1 aliphatic carbocycles. The van der Waals surface area contributed by atoms with E-state index >= 15 is 0 Å². The average molecular weight is 365 g/mol. The van der Waals surface area contributed by atoms with Crippen LogP contribution in [0.5, 0.6) is 5.75 Å². The quantitative estimate of drug-likeness (QED) is 0.385. The molecular weight excluding hydrogens is 350 g/mol. The molecule has 0 amide bonds. The molecule has 1 aliphatic rings. The molecule has 1 aromatic heterocycles. The molecule has 0 saturated heterocycles. The van der Waals surface area contributed by atoms with Crippen molar-refractivity contribution in [2.24, 2.45) is 4.99 Å². The van der Waals surface area contributed by atoms with Crippen molar-refractivity contribution in [2.45, 2.75) is 12.8 Å². The zero-order valence-corrected chi connectivity index (χ0v) is 14.8. The normalized spacial score (nSPS) is 12.7. The summed E-state index contributed by atoms with van der Waals surface area (Å²) in [5.74, 6) is 0.853. The zero-order valence-electron chi connectivity index (χ0n) is 14.0. The molecule has 0 spiro atoms. The number of nitro groups is 1. The minimum absolute atomic E-state index is 0.0512. The Morgan fingerprint density at radius 1 is 1.27 bits per heavy atom. The summed E-state index contributed by atoms with van der Waals surface area (Å²) in [7, 11) is 1.67. The van der Waals surface area contributed by atoms with Crippen molar-refractivity contribution in [1.29, 1.82) is 0 Å². The number of fused-ring (bicyclic) bond motifs is 3. The molecule has 130 valence electrons. The van der Waals surface area contributed by atoms with Crippen LogP contribution in [0.2, 0.25) is 0 Å². The first-order chi connectivity index (χ1) is 12.6. The number of benzene rings is 2. The topological polar surface area (TPSA) is 77.6 Å². The molecule has 0 radical (unpaired) electrons. The number of aromatic nitrogens is 1. The van der Waals surface area contributed by atoms with E-state index in [0.717, 1.165) is 29.8 Å². The lowest BCUT2D eigenvalue weighted by atomic mass is 9.93. The SMILES string of the molecule is COc1ccc2c(c1)CCc1sc(N=Cc3cccc([N+](=O)[O-])c3)nc1-2. The van der Waals surface area contributed by atoms with Crippen molar-refractivity contribution in [2.75, 3.05) is 7.11 Å². The maximum Gasteiger partial charge on any atom is 0.270 e. The van der Waals surface area contributed by atoms with Gasteiger partial charge in [-0.3, -0.25) is 10.1 Å². The van der Waals surface area contributed by atoms with Gasteiger partial charge in [-0.1, -0.05) is 23.5 Å². The van der Waals surface area contributed by atoms with Gasteiger partial charge >= 0.3 is 0 Å². The fourth-order valence-corrected chi connectivity index (χ4v) is 3.93. The summed E-state index contributed by atoms with van der Waals surface area (Å²) in [5, 5.41) is 11.5. The smallest absolute Gasteiger partial charge is 0.270 e. The van der Waals surface area contributed by atoms with Crippen LogP contribution in [0.1, 0.15) is 16.0 Å². The van der Waals surface area contributed by atoms with Crippen molar-refractivity contribution in [3.63, 3.8) is 0 Å². The molecule has 0 saturated carbocycles. The van der Waals surface area contributed by atoms with Gasteiger partial charge in [-0.05, 0) is 42.2 Å². The third-order valence-corrected chi connectivity index (χ3v) is 5.30. The van der Waals surface area contributed by atoms with Gasteiger partial charge in [-0.25, -0.2) is 9.98 Å². The van der Waals surface area contributed by atoms with Gasteiger partial charge in [0.15, 0.2) is 0 Å². The third-order valence-electron chi connectivity index (χ3n) is 4.28. The maximum atomic E-state index is 10.9. The number of non-ortho nitro benzene ring substituents is 1. The number of hydrogen-bond donors (Lipinski definition) is 0. The fraction of sp³-hybridized carbons (Fsp3) is 0.158. The van der Waals surface area contributed by atoms with Crippen molar-refractivity contribution in [3.05, 3.63) is 68.6 Å². The molecule has 0 N–H and O–H groups in total. The minimum atomic E-state index is -0.412. The molecule has 26 heavy (non-hydrogen) atoms. The predicted molar refractivity (Wildman–Crippen MR) is 102 cm³/mol. The van der Waals surface area contributed by atoms with Crippen LogP contribution >= 0.6 is 11.3 Å². The monoisotopic (exact) mass is 365 g/mol. The Morgan fingerprint density at radius 3 is 2.96 bits per heavy atom. The largest absolute Gasteiger partial charge is 0.497 e. The molecule has 0 fully saturated rings. The van der Waals surface area contributed by atoms with E-state index in [1.54, 1.807) is 36.8 Å². The van der Waals surface area contributed by atoms with Gasteiger partial charge in [-0.15, -0.1) is 0 Å². The van der Waals surface area contributed by atoms with Crippen molar-refractivity contribution in [1.82, 2.24) is 4.98 Å². The lowest BCUT2D eigenvalue weighted by Crippen LogP contribution is -2.02. The van der Waals surface area contributed by atoms with Gasteiger partial charge in [-0.2, -0.15) is 0 Å². The second kappa shape index (κ2) is 6.68. The number of aryl methyl sites for hydroxylation is 2. The minimum Gasteiger partial charge on any atom is -0.497 e. The first-order valence-corrected chi connectivity index (χ1v) is 8.91. The van der Waals surface area contributed by atoms with Crippen molar-refractivity contribution in [3.8, 4) is 17.0 Å². The molecular formula is C19H15N3O3S. The lowest BCUT2D eigenvalue weighted by Gasteiger charge is -2.15. The zero-order chi connectivity index (χ0) is 18.1. The number of nitro benzene ring substituents is 1. The van der Waals surface area contributed by atoms with Gasteiger partial charge in [0.05, 0.1) is 17.7 Å². The number of hydrogen-bond acceptors (Lipinski definition) is 6. The number of methoxy groups -OCH3 is 1. The molecule has 6 nitrogen and oxygen atoms in total. The van der Waals surface area contributed by atoms with E-state index in [1.165, 1.54) is 22.6 Å². The number of nitrogens with zero attached hydrogens (tertiary/aromatic N) is 3. The summed E-state index contributed by atoms with van der Waals surface area (Å²) >= 11 is 1.56. The molecule has 3 aromatic rings. The lowest BCUT2D eigenvalue weighted by molar-refractivity contribution is -0.384. The van der Waals surface area contributed by atoms with Crippen LogP contribution in [0.15, 0.2) is 47.5 Å². The van der Waals surface area contributed by atoms with E-state index in [9.17, 15) is 10.1 Å². The molecule has 0 aliphatic heterocycles. The highest BCUT2D eigenvalue weighted by atomic mass is 32.1. The van der Waals surface area contributed by atoms with E-state index in [2.05, 4.69) is 16.0 Å². The number of thiazole rings is 1. The number of ether oxygens (including phenoxy) is 1. The molecule has 1 heterocycles. The Kier molecular flexibility index (Phi) is 4.22. The predicted octanol–water partition coefficient (Wildman–Crippen LogP) is 4.58. The van der Waals surface area contributed by atoms with E-state index < -0.39 is 4.92 Å². The molecule has 0 unspecified atom stereocenters. The highest BCUT2D eigenvalue weighted by Gasteiger charge is 2.21. The standard InChI is InChI=1S/C19H15N3O3S/c1-25-15-6-7-16-13(10-15)5-8-17-18(16)21-19(26-17)20-11-12-3-2-4-14(9-12)22(23)24/h2-4,6-7,9-11H,5,8H2,1H3. The van der Waals surface area contributed by atoms with E-state index in [4.69, 9.17) is 4.74 Å². The highest BCUT2D eigenvalue weighted by molar-refractivity contribution is 7.15. The second-order valence-electron chi connectivity index (χ2n) is 5.90. The van der Waals surface area contributed by atoms with Crippen LogP contribution in [-0.4, -0.2) is 23.2 Å². The summed E-state index contributed by atoms with van der Waals surface area (Å²) in [6, 6.07) is 12.4. The third kappa shape index (κ3) is 3.09. The van der Waals surface area contributed by atoms with Crippen molar-refractivity contribution < 1.29 is 9.66 Å². The van der Waals surface area contributed by atoms with E-state index in [0.29, 0.717) is 10.7 Å². The Balaban J connectivity index is 1.63. The Bertz CT molecular complexity index is 1030. The summed E-state index contributed by atoms with van der Waals surface area (Å²) in [5.41, 5.74) is 4.06. The van der Waals surface area contributed by atoms with Gasteiger partial charge in [0, 0.05) is 28.8 Å². The second-order valence-corrected chi connectivity index (χ2v) is 6.96. The van der Waals surface area contributed by atoms with Crippen LogP contribution in [0.4, 0.5) is 10.8 Å². The van der Waals surface area contributed by atoms with Crippen LogP contribution in [-0.2, 0) is 12.8 Å². The number of aliphatic imine (C=N–C) groups is 1. The Labute approximate surface area is 154 Å². The van der Waals surface area contributed by atoms with Gasteiger partial charge in [0.2, 0.25) is 5.13 Å². The summed E-state index contributed by atoms with van der Waals surface area (Å²) in [6.07, 6.45) is 3.50. The average Bonchev–Trinajstić information content (AvgIpc) is 3.09.